The Morgan fingerprint density at radius 3 is 2.60 bits per heavy atom. The van der Waals surface area contributed by atoms with Crippen molar-refractivity contribution in [1.82, 2.24) is 5.32 Å². The summed E-state index contributed by atoms with van der Waals surface area (Å²) in [5.74, 6) is 0. The molecule has 2 aromatic carbocycles. The molecule has 0 aliphatic carbocycles. The fourth-order valence-electron chi connectivity index (χ4n) is 2.19. The van der Waals surface area contributed by atoms with Crippen molar-refractivity contribution in [1.29, 1.82) is 5.26 Å². The second-order valence-electron chi connectivity index (χ2n) is 4.67. The second-order valence-corrected chi connectivity index (χ2v) is 4.67. The minimum atomic E-state index is 0.118. The molecule has 0 aliphatic rings. The Labute approximate surface area is 119 Å². The number of nitriles is 1. The maximum Gasteiger partial charge on any atom is 0.0991 e. The van der Waals surface area contributed by atoms with E-state index < -0.39 is 0 Å². The lowest BCUT2D eigenvalue weighted by molar-refractivity contribution is 0.265. The third-order valence-corrected chi connectivity index (χ3v) is 3.23. The molecular formula is C17H18N2O. The third-order valence-electron chi connectivity index (χ3n) is 3.23. The molecule has 1 atom stereocenters. The molecule has 0 fully saturated rings. The average Bonchev–Trinajstić information content (AvgIpc) is 2.52. The predicted octanol–water partition coefficient (Wildman–Crippen LogP) is 2.77. The van der Waals surface area contributed by atoms with Crippen LogP contribution >= 0.6 is 0 Å². The van der Waals surface area contributed by atoms with Crippen molar-refractivity contribution in [2.45, 2.75) is 19.0 Å². The van der Waals surface area contributed by atoms with Gasteiger partial charge < -0.3 is 10.4 Å². The molecule has 20 heavy (non-hydrogen) atoms. The Kier molecular flexibility index (Phi) is 5.31. The molecule has 0 aromatic heterocycles. The molecule has 0 saturated heterocycles. The monoisotopic (exact) mass is 266 g/mol. The van der Waals surface area contributed by atoms with Crippen LogP contribution in [0.15, 0.2) is 54.6 Å². The van der Waals surface area contributed by atoms with Crippen LogP contribution in [0.5, 0.6) is 0 Å². The lowest BCUT2D eigenvalue weighted by Crippen LogP contribution is -2.22. The molecular weight excluding hydrogens is 248 g/mol. The minimum Gasteiger partial charge on any atom is -0.396 e. The SMILES string of the molecule is N#Cc1cccc(CN[C@H](CCO)c2ccccc2)c1. The first-order chi connectivity index (χ1) is 9.83. The second kappa shape index (κ2) is 7.44. The first kappa shape index (κ1) is 14.3. The van der Waals surface area contributed by atoms with Gasteiger partial charge in [-0.2, -0.15) is 5.26 Å². The summed E-state index contributed by atoms with van der Waals surface area (Å²) in [4.78, 5) is 0. The van der Waals surface area contributed by atoms with E-state index in [0.717, 1.165) is 11.1 Å². The van der Waals surface area contributed by atoms with Crippen LogP contribution in [0.1, 0.15) is 29.2 Å². The van der Waals surface area contributed by atoms with Crippen LogP contribution in [0.4, 0.5) is 0 Å². The van der Waals surface area contributed by atoms with E-state index in [0.29, 0.717) is 18.5 Å². The average molecular weight is 266 g/mol. The highest BCUT2D eigenvalue weighted by Gasteiger charge is 2.09. The summed E-state index contributed by atoms with van der Waals surface area (Å²) in [6.45, 7) is 0.819. The number of hydrogen-bond acceptors (Lipinski definition) is 3. The molecule has 102 valence electrons. The van der Waals surface area contributed by atoms with Crippen LogP contribution < -0.4 is 5.32 Å². The lowest BCUT2D eigenvalue weighted by Gasteiger charge is -2.18. The van der Waals surface area contributed by atoms with E-state index in [4.69, 9.17) is 5.26 Å². The van der Waals surface area contributed by atoms with E-state index in [1.807, 2.05) is 36.4 Å². The van der Waals surface area contributed by atoms with Gasteiger partial charge in [0.25, 0.3) is 0 Å². The van der Waals surface area contributed by atoms with Crippen molar-refractivity contribution in [3.05, 3.63) is 71.3 Å². The van der Waals surface area contributed by atoms with Gasteiger partial charge in [-0.1, -0.05) is 42.5 Å². The van der Waals surface area contributed by atoms with Gasteiger partial charge in [0.05, 0.1) is 11.6 Å². The largest absolute Gasteiger partial charge is 0.396 e. The predicted molar refractivity (Wildman–Crippen MR) is 78.9 cm³/mol. The summed E-state index contributed by atoms with van der Waals surface area (Å²) < 4.78 is 0. The highest BCUT2D eigenvalue weighted by atomic mass is 16.3. The number of hydrogen-bond donors (Lipinski definition) is 2. The molecule has 0 spiro atoms. The highest BCUT2D eigenvalue weighted by Crippen LogP contribution is 2.17. The molecule has 0 unspecified atom stereocenters. The smallest absolute Gasteiger partial charge is 0.0991 e. The third kappa shape index (κ3) is 3.92. The van der Waals surface area contributed by atoms with Crippen LogP contribution in [-0.4, -0.2) is 11.7 Å². The summed E-state index contributed by atoms with van der Waals surface area (Å²) in [7, 11) is 0. The summed E-state index contributed by atoms with van der Waals surface area (Å²) in [5, 5.41) is 21.5. The first-order valence-electron chi connectivity index (χ1n) is 6.71. The van der Waals surface area contributed by atoms with Crippen molar-refractivity contribution in [3.8, 4) is 6.07 Å². The molecule has 0 aliphatic heterocycles. The van der Waals surface area contributed by atoms with E-state index in [2.05, 4.69) is 23.5 Å². The maximum atomic E-state index is 9.19. The Balaban J connectivity index is 2.04. The topological polar surface area (TPSA) is 56.0 Å². The molecule has 2 rings (SSSR count). The Morgan fingerprint density at radius 1 is 1.10 bits per heavy atom. The van der Waals surface area contributed by atoms with Gasteiger partial charge in [-0.25, -0.2) is 0 Å². The summed E-state index contributed by atoms with van der Waals surface area (Å²) in [6.07, 6.45) is 0.669. The van der Waals surface area contributed by atoms with Crippen LogP contribution in [0.2, 0.25) is 0 Å². The fraction of sp³-hybridized carbons (Fsp3) is 0.235. The molecule has 0 bridgehead atoms. The summed E-state index contributed by atoms with van der Waals surface area (Å²) in [5.41, 5.74) is 2.91. The van der Waals surface area contributed by atoms with Crippen LogP contribution in [0.3, 0.4) is 0 Å². The quantitative estimate of drug-likeness (QED) is 0.845. The number of nitrogens with one attached hydrogen (secondary N) is 1. The molecule has 0 saturated carbocycles. The molecule has 0 radical (unpaired) electrons. The highest BCUT2D eigenvalue weighted by molar-refractivity contribution is 5.32. The van der Waals surface area contributed by atoms with Crippen LogP contribution in [-0.2, 0) is 6.54 Å². The summed E-state index contributed by atoms with van der Waals surface area (Å²) >= 11 is 0. The van der Waals surface area contributed by atoms with Gasteiger partial charge >= 0.3 is 0 Å². The number of nitrogens with zero attached hydrogens (tertiary/aromatic N) is 1. The zero-order chi connectivity index (χ0) is 14.2. The lowest BCUT2D eigenvalue weighted by atomic mass is 10.0. The van der Waals surface area contributed by atoms with E-state index >= 15 is 0 Å². The Bertz CT molecular complexity index is 575. The Morgan fingerprint density at radius 2 is 1.90 bits per heavy atom. The van der Waals surface area contributed by atoms with E-state index in [1.165, 1.54) is 0 Å². The maximum absolute atomic E-state index is 9.19. The van der Waals surface area contributed by atoms with E-state index in [1.54, 1.807) is 6.07 Å². The molecule has 0 amide bonds. The molecule has 0 heterocycles. The van der Waals surface area contributed by atoms with Crippen molar-refractivity contribution in [2.24, 2.45) is 0 Å². The number of rotatable bonds is 6. The van der Waals surface area contributed by atoms with Gasteiger partial charge in [0.15, 0.2) is 0 Å². The zero-order valence-corrected chi connectivity index (χ0v) is 11.3. The summed E-state index contributed by atoms with van der Waals surface area (Å²) in [6, 6.07) is 19.9. The number of aliphatic hydroxyl groups is 1. The zero-order valence-electron chi connectivity index (χ0n) is 11.3. The first-order valence-corrected chi connectivity index (χ1v) is 6.71. The van der Waals surface area contributed by atoms with Gasteiger partial charge in [0, 0.05) is 19.2 Å². The van der Waals surface area contributed by atoms with E-state index in [9.17, 15) is 5.11 Å². The van der Waals surface area contributed by atoms with Crippen molar-refractivity contribution < 1.29 is 5.11 Å². The van der Waals surface area contributed by atoms with Crippen molar-refractivity contribution in [2.75, 3.05) is 6.61 Å². The standard InChI is InChI=1S/C17H18N2O/c18-12-14-5-4-6-15(11-14)13-19-17(9-10-20)16-7-2-1-3-8-16/h1-8,11,17,19-20H,9-10,13H2/t17-/m1/s1. The van der Waals surface area contributed by atoms with Gasteiger partial charge in [0.1, 0.15) is 0 Å². The normalized spacial score (nSPS) is 11.8. The minimum absolute atomic E-state index is 0.118. The van der Waals surface area contributed by atoms with Gasteiger partial charge in [-0.3, -0.25) is 0 Å². The molecule has 3 heteroatoms. The van der Waals surface area contributed by atoms with Crippen LogP contribution in [0.25, 0.3) is 0 Å². The van der Waals surface area contributed by atoms with E-state index in [-0.39, 0.29) is 12.6 Å². The van der Waals surface area contributed by atoms with Crippen molar-refractivity contribution in [3.63, 3.8) is 0 Å². The molecule has 3 nitrogen and oxygen atoms in total. The van der Waals surface area contributed by atoms with Crippen molar-refractivity contribution >= 4 is 0 Å². The number of aliphatic hydroxyl groups excluding tert-OH is 1. The number of benzene rings is 2. The molecule has 2 N–H and O–H groups in total. The van der Waals surface area contributed by atoms with Gasteiger partial charge in [-0.15, -0.1) is 0 Å². The fourth-order valence-corrected chi connectivity index (χ4v) is 2.19. The van der Waals surface area contributed by atoms with Gasteiger partial charge in [0.2, 0.25) is 0 Å². The Hall–Kier alpha value is -2.15. The van der Waals surface area contributed by atoms with Crippen LogP contribution in [0, 0.1) is 11.3 Å². The van der Waals surface area contributed by atoms with Gasteiger partial charge in [-0.05, 0) is 29.7 Å². The molecule has 2 aromatic rings.